The van der Waals surface area contributed by atoms with Crippen molar-refractivity contribution < 1.29 is 15.1 Å². The Bertz CT molecular complexity index is 277. The van der Waals surface area contributed by atoms with E-state index < -0.39 is 11.7 Å². The van der Waals surface area contributed by atoms with Gasteiger partial charge in [0.05, 0.1) is 17.4 Å². The van der Waals surface area contributed by atoms with E-state index in [4.69, 9.17) is 4.84 Å². The van der Waals surface area contributed by atoms with Gasteiger partial charge in [-0.05, 0) is 12.8 Å². The van der Waals surface area contributed by atoms with Gasteiger partial charge in [-0.1, -0.05) is 11.2 Å². The fourth-order valence-electron chi connectivity index (χ4n) is 2.30. The largest absolute Gasteiger partial charge is 0.395 e. The second-order valence-electron chi connectivity index (χ2n) is 4.15. The van der Waals surface area contributed by atoms with Crippen LogP contribution in [0.5, 0.6) is 0 Å². The Morgan fingerprint density at radius 2 is 2.43 bits per heavy atom. The third kappa shape index (κ3) is 1.55. The van der Waals surface area contributed by atoms with Crippen molar-refractivity contribution in [2.75, 3.05) is 6.61 Å². The maximum absolute atomic E-state index is 10.1. The van der Waals surface area contributed by atoms with Crippen LogP contribution in [-0.4, -0.2) is 34.2 Å². The van der Waals surface area contributed by atoms with Crippen LogP contribution in [0, 0.1) is 5.92 Å². The third-order valence-electron chi connectivity index (χ3n) is 2.93. The van der Waals surface area contributed by atoms with E-state index in [0.717, 1.165) is 0 Å². The minimum atomic E-state index is -0.835. The maximum atomic E-state index is 10.1. The van der Waals surface area contributed by atoms with Gasteiger partial charge in [0.15, 0.2) is 0 Å². The van der Waals surface area contributed by atoms with Crippen LogP contribution in [-0.2, 0) is 4.84 Å². The molecule has 2 N–H and O–H groups in total. The van der Waals surface area contributed by atoms with E-state index in [9.17, 15) is 10.2 Å². The Morgan fingerprint density at radius 1 is 1.64 bits per heavy atom. The number of aliphatic hydroxyl groups excluding tert-OH is 1. The highest BCUT2D eigenvalue weighted by Crippen LogP contribution is 2.36. The summed E-state index contributed by atoms with van der Waals surface area (Å²) in [4.78, 5) is 4.92. The first-order valence-electron chi connectivity index (χ1n) is 4.86. The van der Waals surface area contributed by atoms with Gasteiger partial charge in [0.2, 0.25) is 0 Å². The molecule has 0 aromatic rings. The molecule has 1 heterocycles. The van der Waals surface area contributed by atoms with Crippen LogP contribution in [0.15, 0.2) is 17.8 Å². The Labute approximate surface area is 82.9 Å². The zero-order chi connectivity index (χ0) is 10.2. The molecule has 0 unspecified atom stereocenters. The van der Waals surface area contributed by atoms with Gasteiger partial charge in [0.25, 0.3) is 0 Å². The average Bonchev–Trinajstić information content (AvgIpc) is 2.51. The Hall–Kier alpha value is -0.870. The SMILES string of the molecule is C=CC[C@]1(O)C[C@@H]2CON=C2[C@@H](O)C1. The Morgan fingerprint density at radius 3 is 3.14 bits per heavy atom. The molecule has 0 aromatic carbocycles. The first kappa shape index (κ1) is 9.68. The lowest BCUT2D eigenvalue weighted by Crippen LogP contribution is -2.46. The number of oxime groups is 1. The first-order valence-corrected chi connectivity index (χ1v) is 4.86. The summed E-state index contributed by atoms with van der Waals surface area (Å²) in [6, 6.07) is 0. The number of nitrogens with zero attached hydrogens (tertiary/aromatic N) is 1. The summed E-state index contributed by atoms with van der Waals surface area (Å²) >= 11 is 0. The molecule has 0 bridgehead atoms. The van der Waals surface area contributed by atoms with Gasteiger partial charge in [-0.3, -0.25) is 0 Å². The topological polar surface area (TPSA) is 62.0 Å². The molecule has 2 aliphatic rings. The molecule has 0 spiro atoms. The van der Waals surface area contributed by atoms with Gasteiger partial charge in [-0.2, -0.15) is 0 Å². The molecule has 78 valence electrons. The van der Waals surface area contributed by atoms with Crippen LogP contribution in [0.3, 0.4) is 0 Å². The van der Waals surface area contributed by atoms with E-state index >= 15 is 0 Å². The quantitative estimate of drug-likeness (QED) is 0.632. The highest BCUT2D eigenvalue weighted by molar-refractivity contribution is 5.92. The Kier molecular flexibility index (Phi) is 2.33. The predicted molar refractivity (Wildman–Crippen MR) is 51.9 cm³/mol. The van der Waals surface area contributed by atoms with Crippen LogP contribution < -0.4 is 0 Å². The van der Waals surface area contributed by atoms with Gasteiger partial charge in [0.1, 0.15) is 6.61 Å². The normalized spacial score (nSPS) is 41.1. The number of rotatable bonds is 2. The van der Waals surface area contributed by atoms with E-state index in [1.807, 2.05) is 0 Å². The summed E-state index contributed by atoms with van der Waals surface area (Å²) in [5, 5.41) is 23.7. The number of aliphatic hydroxyl groups is 2. The van der Waals surface area contributed by atoms with Crippen LogP contribution in [0.4, 0.5) is 0 Å². The zero-order valence-corrected chi connectivity index (χ0v) is 8.02. The van der Waals surface area contributed by atoms with Crippen LogP contribution in [0.2, 0.25) is 0 Å². The standard InChI is InChI=1S/C10H15NO3/c1-2-3-10(13)4-7-6-14-11-9(7)8(12)5-10/h2,7-8,12-13H,1,3-6H2/t7-,8+,10+/m1/s1. The van der Waals surface area contributed by atoms with Gasteiger partial charge in [-0.15, -0.1) is 6.58 Å². The smallest absolute Gasteiger partial charge is 0.125 e. The summed E-state index contributed by atoms with van der Waals surface area (Å²) in [5.41, 5.74) is -0.141. The zero-order valence-electron chi connectivity index (χ0n) is 8.02. The van der Waals surface area contributed by atoms with Crippen molar-refractivity contribution in [3.8, 4) is 0 Å². The highest BCUT2D eigenvalue weighted by Gasteiger charge is 2.44. The first-order chi connectivity index (χ1) is 6.64. The van der Waals surface area contributed by atoms with Crippen LogP contribution >= 0.6 is 0 Å². The predicted octanol–water partition coefficient (Wildman–Crippen LogP) is 0.451. The highest BCUT2D eigenvalue weighted by atomic mass is 16.6. The lowest BCUT2D eigenvalue weighted by atomic mass is 9.74. The minimum Gasteiger partial charge on any atom is -0.395 e. The maximum Gasteiger partial charge on any atom is 0.125 e. The van der Waals surface area contributed by atoms with Crippen LogP contribution in [0.25, 0.3) is 0 Å². The van der Waals surface area contributed by atoms with Gasteiger partial charge in [-0.25, -0.2) is 0 Å². The molecule has 4 nitrogen and oxygen atoms in total. The molecule has 3 atom stereocenters. The summed E-state index contributed by atoms with van der Waals surface area (Å²) in [5.74, 6) is 0.0729. The molecule has 0 saturated heterocycles. The van der Waals surface area contributed by atoms with E-state index in [1.165, 1.54) is 0 Å². The monoisotopic (exact) mass is 197 g/mol. The molecule has 1 saturated carbocycles. The Balaban J connectivity index is 2.13. The second kappa shape index (κ2) is 3.37. The minimum absolute atomic E-state index is 0.0729. The van der Waals surface area contributed by atoms with Crippen LogP contribution in [0.1, 0.15) is 19.3 Å². The van der Waals surface area contributed by atoms with Crippen molar-refractivity contribution in [3.63, 3.8) is 0 Å². The fraction of sp³-hybridized carbons (Fsp3) is 0.700. The van der Waals surface area contributed by atoms with Crippen molar-refractivity contribution in [2.45, 2.75) is 31.0 Å². The molecular weight excluding hydrogens is 182 g/mol. The fourth-order valence-corrected chi connectivity index (χ4v) is 2.30. The van der Waals surface area contributed by atoms with Crippen molar-refractivity contribution in [2.24, 2.45) is 11.1 Å². The van der Waals surface area contributed by atoms with Crippen molar-refractivity contribution >= 4 is 5.71 Å². The number of fused-ring (bicyclic) bond motifs is 1. The van der Waals surface area contributed by atoms with Crippen molar-refractivity contribution in [3.05, 3.63) is 12.7 Å². The molecule has 2 rings (SSSR count). The van der Waals surface area contributed by atoms with Crippen molar-refractivity contribution in [1.82, 2.24) is 0 Å². The van der Waals surface area contributed by atoms with E-state index in [1.54, 1.807) is 6.08 Å². The summed E-state index contributed by atoms with van der Waals surface area (Å²) < 4.78 is 0. The third-order valence-corrected chi connectivity index (χ3v) is 2.93. The van der Waals surface area contributed by atoms with E-state index in [-0.39, 0.29) is 5.92 Å². The average molecular weight is 197 g/mol. The van der Waals surface area contributed by atoms with Crippen molar-refractivity contribution in [1.29, 1.82) is 0 Å². The molecule has 4 heteroatoms. The molecule has 1 aliphatic heterocycles. The van der Waals surface area contributed by atoms with Gasteiger partial charge < -0.3 is 15.1 Å². The number of hydrogen-bond donors (Lipinski definition) is 2. The molecule has 0 radical (unpaired) electrons. The van der Waals surface area contributed by atoms with Gasteiger partial charge in [0, 0.05) is 12.3 Å². The van der Waals surface area contributed by atoms with E-state index in [2.05, 4.69) is 11.7 Å². The second-order valence-corrected chi connectivity index (χ2v) is 4.15. The van der Waals surface area contributed by atoms with E-state index in [0.29, 0.717) is 31.6 Å². The molecule has 14 heavy (non-hydrogen) atoms. The lowest BCUT2D eigenvalue weighted by Gasteiger charge is -2.36. The summed E-state index contributed by atoms with van der Waals surface area (Å²) in [6.07, 6.45) is 2.46. The molecule has 1 aliphatic carbocycles. The number of hydrogen-bond acceptors (Lipinski definition) is 4. The molecule has 0 aromatic heterocycles. The molecular formula is C10H15NO3. The molecule has 0 amide bonds. The molecule has 1 fully saturated rings. The summed E-state index contributed by atoms with van der Waals surface area (Å²) in [7, 11) is 0. The summed E-state index contributed by atoms with van der Waals surface area (Å²) in [6.45, 7) is 4.09. The lowest BCUT2D eigenvalue weighted by molar-refractivity contribution is -0.0233. The van der Waals surface area contributed by atoms with Gasteiger partial charge >= 0.3 is 0 Å².